The third-order valence-electron chi connectivity index (χ3n) is 3.20. The average Bonchev–Trinajstić information content (AvgIpc) is 2.90. The molecule has 2 N–H and O–H groups in total. The van der Waals surface area contributed by atoms with Crippen molar-refractivity contribution in [1.82, 2.24) is 9.97 Å². The molecule has 2 heterocycles. The summed E-state index contributed by atoms with van der Waals surface area (Å²) in [4.78, 5) is 19.0. The van der Waals surface area contributed by atoms with Crippen molar-refractivity contribution in [1.29, 1.82) is 0 Å². The zero-order chi connectivity index (χ0) is 12.4. The van der Waals surface area contributed by atoms with Crippen LogP contribution in [-0.4, -0.2) is 29.7 Å². The standard InChI is InChI=1S/C13H15N3O2/c17-12-10-3-1-2-4-11(10)15-13(16-12)14-7-9-5-6-18-8-9/h1-4,9H,5-8H2,(H2,14,15,16,17)/t9-/m1/s1. The van der Waals surface area contributed by atoms with E-state index < -0.39 is 0 Å². The van der Waals surface area contributed by atoms with Crippen molar-refractivity contribution in [3.63, 3.8) is 0 Å². The first kappa shape index (κ1) is 11.2. The fourth-order valence-corrected chi connectivity index (χ4v) is 2.16. The quantitative estimate of drug-likeness (QED) is 0.857. The lowest BCUT2D eigenvalue weighted by Gasteiger charge is -2.09. The second kappa shape index (κ2) is 4.78. The normalized spacial score (nSPS) is 19.2. The van der Waals surface area contributed by atoms with Gasteiger partial charge in [0.15, 0.2) is 0 Å². The first-order valence-electron chi connectivity index (χ1n) is 6.13. The van der Waals surface area contributed by atoms with Crippen molar-refractivity contribution in [2.75, 3.05) is 25.1 Å². The van der Waals surface area contributed by atoms with Gasteiger partial charge in [0.1, 0.15) is 0 Å². The van der Waals surface area contributed by atoms with Crippen LogP contribution in [0, 0.1) is 5.92 Å². The third-order valence-corrected chi connectivity index (χ3v) is 3.20. The maximum atomic E-state index is 11.8. The molecule has 1 aliphatic heterocycles. The molecular weight excluding hydrogens is 230 g/mol. The fraction of sp³-hybridized carbons (Fsp3) is 0.385. The van der Waals surface area contributed by atoms with Crippen LogP contribution in [0.2, 0.25) is 0 Å². The molecule has 0 saturated carbocycles. The van der Waals surface area contributed by atoms with E-state index in [1.165, 1.54) is 0 Å². The number of nitrogens with one attached hydrogen (secondary N) is 2. The fourth-order valence-electron chi connectivity index (χ4n) is 2.16. The molecule has 0 amide bonds. The zero-order valence-electron chi connectivity index (χ0n) is 9.98. The Kier molecular flexibility index (Phi) is 2.98. The number of nitrogens with zero attached hydrogens (tertiary/aromatic N) is 1. The second-order valence-electron chi connectivity index (χ2n) is 4.54. The van der Waals surface area contributed by atoms with Crippen LogP contribution in [-0.2, 0) is 4.74 Å². The number of hydrogen-bond acceptors (Lipinski definition) is 4. The van der Waals surface area contributed by atoms with Gasteiger partial charge in [0.25, 0.3) is 5.56 Å². The summed E-state index contributed by atoms with van der Waals surface area (Å²) in [6, 6.07) is 7.33. The molecule has 1 aromatic carbocycles. The van der Waals surface area contributed by atoms with E-state index in [2.05, 4.69) is 15.3 Å². The summed E-state index contributed by atoms with van der Waals surface area (Å²) < 4.78 is 5.31. The van der Waals surface area contributed by atoms with E-state index in [0.29, 0.717) is 22.8 Å². The molecule has 0 unspecified atom stereocenters. The van der Waals surface area contributed by atoms with Gasteiger partial charge in [-0.25, -0.2) is 4.98 Å². The zero-order valence-corrected chi connectivity index (χ0v) is 9.98. The molecule has 1 aliphatic rings. The Morgan fingerprint density at radius 3 is 3.17 bits per heavy atom. The summed E-state index contributed by atoms with van der Waals surface area (Å²) >= 11 is 0. The van der Waals surface area contributed by atoms with Gasteiger partial charge in [-0.15, -0.1) is 0 Å². The van der Waals surface area contributed by atoms with Crippen LogP contribution in [0.4, 0.5) is 5.95 Å². The highest BCUT2D eigenvalue weighted by atomic mass is 16.5. The Morgan fingerprint density at radius 2 is 2.33 bits per heavy atom. The minimum absolute atomic E-state index is 0.106. The Balaban J connectivity index is 1.81. The molecule has 1 atom stereocenters. The number of aromatic nitrogens is 2. The summed E-state index contributed by atoms with van der Waals surface area (Å²) in [5.41, 5.74) is 0.609. The molecule has 94 valence electrons. The van der Waals surface area contributed by atoms with Crippen LogP contribution in [0.5, 0.6) is 0 Å². The first-order chi connectivity index (χ1) is 8.83. The van der Waals surface area contributed by atoms with Gasteiger partial charge in [0.05, 0.1) is 17.5 Å². The van der Waals surface area contributed by atoms with Crippen molar-refractivity contribution >= 4 is 16.9 Å². The lowest BCUT2D eigenvalue weighted by atomic mass is 10.1. The number of fused-ring (bicyclic) bond motifs is 1. The van der Waals surface area contributed by atoms with Crippen LogP contribution >= 0.6 is 0 Å². The molecule has 3 rings (SSSR count). The molecule has 1 fully saturated rings. The summed E-state index contributed by atoms with van der Waals surface area (Å²) in [6.45, 7) is 2.39. The van der Waals surface area contributed by atoms with Crippen molar-refractivity contribution in [3.05, 3.63) is 34.6 Å². The van der Waals surface area contributed by atoms with Gasteiger partial charge in [0, 0.05) is 19.1 Å². The van der Waals surface area contributed by atoms with Gasteiger partial charge in [-0.2, -0.15) is 0 Å². The summed E-state index contributed by atoms with van der Waals surface area (Å²) in [5, 5.41) is 3.79. The molecule has 5 nitrogen and oxygen atoms in total. The highest BCUT2D eigenvalue weighted by molar-refractivity contribution is 5.78. The van der Waals surface area contributed by atoms with Gasteiger partial charge in [-0.05, 0) is 18.6 Å². The van der Waals surface area contributed by atoms with Crippen molar-refractivity contribution in [2.45, 2.75) is 6.42 Å². The lowest BCUT2D eigenvalue weighted by molar-refractivity contribution is 0.187. The monoisotopic (exact) mass is 245 g/mol. The molecule has 0 spiro atoms. The molecular formula is C13H15N3O2. The minimum Gasteiger partial charge on any atom is -0.381 e. The molecule has 18 heavy (non-hydrogen) atoms. The van der Waals surface area contributed by atoms with Gasteiger partial charge >= 0.3 is 0 Å². The number of anilines is 1. The van der Waals surface area contributed by atoms with Crippen LogP contribution in [0.3, 0.4) is 0 Å². The van der Waals surface area contributed by atoms with E-state index in [9.17, 15) is 4.79 Å². The van der Waals surface area contributed by atoms with Crippen molar-refractivity contribution in [2.24, 2.45) is 5.92 Å². The molecule has 1 aromatic heterocycles. The van der Waals surface area contributed by atoms with Crippen molar-refractivity contribution < 1.29 is 4.74 Å². The molecule has 2 aromatic rings. The van der Waals surface area contributed by atoms with E-state index in [0.717, 1.165) is 26.2 Å². The van der Waals surface area contributed by atoms with Crippen LogP contribution in [0.1, 0.15) is 6.42 Å². The summed E-state index contributed by atoms with van der Waals surface area (Å²) in [7, 11) is 0. The average molecular weight is 245 g/mol. The maximum absolute atomic E-state index is 11.8. The molecule has 0 bridgehead atoms. The number of benzene rings is 1. The Hall–Kier alpha value is -1.88. The number of ether oxygens (including phenoxy) is 1. The number of rotatable bonds is 3. The largest absolute Gasteiger partial charge is 0.381 e. The number of para-hydroxylation sites is 1. The Bertz CT molecular complexity index is 602. The third kappa shape index (κ3) is 2.22. The van der Waals surface area contributed by atoms with E-state index in [1.54, 1.807) is 6.07 Å². The molecule has 5 heteroatoms. The first-order valence-corrected chi connectivity index (χ1v) is 6.13. The van der Waals surface area contributed by atoms with Gasteiger partial charge in [-0.3, -0.25) is 9.78 Å². The van der Waals surface area contributed by atoms with Crippen LogP contribution in [0.25, 0.3) is 10.9 Å². The van der Waals surface area contributed by atoms with Crippen LogP contribution in [0.15, 0.2) is 29.1 Å². The molecule has 1 saturated heterocycles. The molecule has 0 aliphatic carbocycles. The predicted octanol–water partition coefficient (Wildman–Crippen LogP) is 1.37. The second-order valence-corrected chi connectivity index (χ2v) is 4.54. The smallest absolute Gasteiger partial charge is 0.260 e. The number of aromatic amines is 1. The SMILES string of the molecule is O=c1[nH]c(NC[C@H]2CCOC2)nc2ccccc12. The van der Waals surface area contributed by atoms with Gasteiger partial charge in [-0.1, -0.05) is 12.1 Å². The number of hydrogen-bond donors (Lipinski definition) is 2. The topological polar surface area (TPSA) is 67.0 Å². The van der Waals surface area contributed by atoms with Crippen LogP contribution < -0.4 is 10.9 Å². The Morgan fingerprint density at radius 1 is 1.44 bits per heavy atom. The van der Waals surface area contributed by atoms with E-state index in [4.69, 9.17) is 4.74 Å². The highest BCUT2D eigenvalue weighted by Gasteiger charge is 2.15. The Labute approximate surface area is 104 Å². The lowest BCUT2D eigenvalue weighted by Crippen LogP contribution is -2.18. The minimum atomic E-state index is -0.106. The van der Waals surface area contributed by atoms with Crippen molar-refractivity contribution in [3.8, 4) is 0 Å². The van der Waals surface area contributed by atoms with E-state index >= 15 is 0 Å². The summed E-state index contributed by atoms with van der Waals surface area (Å²) in [6.07, 6.45) is 1.06. The predicted molar refractivity (Wildman–Crippen MR) is 69.8 cm³/mol. The maximum Gasteiger partial charge on any atom is 0.260 e. The molecule has 0 radical (unpaired) electrons. The van der Waals surface area contributed by atoms with Gasteiger partial charge < -0.3 is 10.1 Å². The van der Waals surface area contributed by atoms with E-state index in [1.807, 2.05) is 18.2 Å². The highest BCUT2D eigenvalue weighted by Crippen LogP contribution is 2.13. The summed E-state index contributed by atoms with van der Waals surface area (Å²) in [5.74, 6) is 1.03. The van der Waals surface area contributed by atoms with Gasteiger partial charge in [0.2, 0.25) is 5.95 Å². The van der Waals surface area contributed by atoms with E-state index in [-0.39, 0.29) is 5.56 Å². The number of H-pyrrole nitrogens is 1.